The van der Waals surface area contributed by atoms with Crippen LogP contribution in [0, 0.1) is 5.41 Å². The zero-order valence-electron chi connectivity index (χ0n) is 14.2. The van der Waals surface area contributed by atoms with Gasteiger partial charge in [0.1, 0.15) is 0 Å². The SMILES string of the molecule is CC.CC(C)N(C)CCCOCCCC(C)(C)C. The van der Waals surface area contributed by atoms with Gasteiger partial charge in [0, 0.05) is 25.8 Å². The van der Waals surface area contributed by atoms with Crippen LogP contribution in [0.5, 0.6) is 0 Å². The highest BCUT2D eigenvalue weighted by atomic mass is 16.5. The van der Waals surface area contributed by atoms with E-state index in [1.165, 1.54) is 12.8 Å². The number of hydrogen-bond donors (Lipinski definition) is 0. The van der Waals surface area contributed by atoms with Crippen molar-refractivity contribution in [2.75, 3.05) is 26.8 Å². The summed E-state index contributed by atoms with van der Waals surface area (Å²) < 4.78 is 5.63. The molecule has 0 aliphatic carbocycles. The van der Waals surface area contributed by atoms with E-state index in [-0.39, 0.29) is 0 Å². The Hall–Kier alpha value is -0.0800. The smallest absolute Gasteiger partial charge is 0.0478 e. The van der Waals surface area contributed by atoms with Crippen molar-refractivity contribution in [2.45, 2.75) is 73.8 Å². The van der Waals surface area contributed by atoms with Crippen molar-refractivity contribution in [1.82, 2.24) is 4.90 Å². The Morgan fingerprint density at radius 3 is 1.94 bits per heavy atom. The fourth-order valence-electron chi connectivity index (χ4n) is 1.48. The molecule has 18 heavy (non-hydrogen) atoms. The van der Waals surface area contributed by atoms with Crippen LogP contribution in [0.15, 0.2) is 0 Å². The van der Waals surface area contributed by atoms with Crippen LogP contribution >= 0.6 is 0 Å². The molecule has 0 aromatic heterocycles. The zero-order valence-corrected chi connectivity index (χ0v) is 14.2. The van der Waals surface area contributed by atoms with Gasteiger partial charge in [-0.25, -0.2) is 0 Å². The molecule has 0 rings (SSSR count). The summed E-state index contributed by atoms with van der Waals surface area (Å²) in [5, 5.41) is 0. The third kappa shape index (κ3) is 15.9. The summed E-state index contributed by atoms with van der Waals surface area (Å²) in [6.07, 6.45) is 3.58. The van der Waals surface area contributed by atoms with E-state index >= 15 is 0 Å². The summed E-state index contributed by atoms with van der Waals surface area (Å²) in [4.78, 5) is 2.36. The Labute approximate surface area is 116 Å². The van der Waals surface area contributed by atoms with E-state index in [4.69, 9.17) is 4.74 Å². The average Bonchev–Trinajstić information content (AvgIpc) is 2.28. The fraction of sp³-hybridized carbons (Fsp3) is 1.00. The van der Waals surface area contributed by atoms with Crippen LogP contribution in [0.2, 0.25) is 0 Å². The van der Waals surface area contributed by atoms with Crippen molar-refractivity contribution in [1.29, 1.82) is 0 Å². The van der Waals surface area contributed by atoms with Crippen LogP contribution in [-0.2, 0) is 4.74 Å². The highest BCUT2D eigenvalue weighted by Gasteiger charge is 2.08. The van der Waals surface area contributed by atoms with Crippen molar-refractivity contribution in [3.8, 4) is 0 Å². The van der Waals surface area contributed by atoms with Gasteiger partial charge in [-0.3, -0.25) is 0 Å². The molecule has 0 aromatic rings. The van der Waals surface area contributed by atoms with E-state index in [0.29, 0.717) is 11.5 Å². The lowest BCUT2D eigenvalue weighted by molar-refractivity contribution is 0.110. The number of ether oxygens (including phenoxy) is 1. The second kappa shape index (κ2) is 12.0. The highest BCUT2D eigenvalue weighted by molar-refractivity contribution is 4.60. The van der Waals surface area contributed by atoms with Gasteiger partial charge in [-0.05, 0) is 45.6 Å². The number of hydrogen-bond acceptors (Lipinski definition) is 2. The minimum absolute atomic E-state index is 0.446. The lowest BCUT2D eigenvalue weighted by Crippen LogP contribution is -2.27. The summed E-state index contributed by atoms with van der Waals surface area (Å²) in [5.41, 5.74) is 0.446. The molecule has 0 amide bonds. The molecule has 0 aliphatic heterocycles. The third-order valence-electron chi connectivity index (χ3n) is 2.90. The van der Waals surface area contributed by atoms with Gasteiger partial charge in [0.05, 0.1) is 0 Å². The van der Waals surface area contributed by atoms with E-state index in [2.05, 4.69) is 46.6 Å². The Kier molecular flexibility index (Phi) is 13.5. The lowest BCUT2D eigenvalue weighted by Gasteiger charge is -2.21. The van der Waals surface area contributed by atoms with Gasteiger partial charge in [-0.15, -0.1) is 0 Å². The van der Waals surface area contributed by atoms with Crippen LogP contribution in [0.25, 0.3) is 0 Å². The fourth-order valence-corrected chi connectivity index (χ4v) is 1.48. The minimum atomic E-state index is 0.446. The second-order valence-electron chi connectivity index (χ2n) is 6.20. The Morgan fingerprint density at radius 1 is 1.00 bits per heavy atom. The molecule has 0 radical (unpaired) electrons. The van der Waals surface area contributed by atoms with Crippen LogP contribution in [0.3, 0.4) is 0 Å². The van der Waals surface area contributed by atoms with Crippen molar-refractivity contribution in [2.24, 2.45) is 5.41 Å². The third-order valence-corrected chi connectivity index (χ3v) is 2.90. The molecule has 0 spiro atoms. The molecule has 112 valence electrons. The topological polar surface area (TPSA) is 12.5 Å². The minimum Gasteiger partial charge on any atom is -0.381 e. The van der Waals surface area contributed by atoms with Crippen LogP contribution in [0.1, 0.15) is 67.7 Å². The molecule has 0 heterocycles. The molecule has 0 bridgehead atoms. The summed E-state index contributed by atoms with van der Waals surface area (Å²) in [6.45, 7) is 18.3. The van der Waals surface area contributed by atoms with Crippen molar-refractivity contribution in [3.05, 3.63) is 0 Å². The van der Waals surface area contributed by atoms with Gasteiger partial charge in [-0.1, -0.05) is 34.6 Å². The molecular weight excluding hydrogens is 222 g/mol. The van der Waals surface area contributed by atoms with Crippen LogP contribution in [-0.4, -0.2) is 37.7 Å². The molecule has 0 saturated carbocycles. The molecule has 0 N–H and O–H groups in total. The summed E-state index contributed by atoms with van der Waals surface area (Å²) in [6, 6.07) is 0.640. The normalized spacial score (nSPS) is 11.7. The van der Waals surface area contributed by atoms with Gasteiger partial charge in [-0.2, -0.15) is 0 Å². The molecule has 0 aliphatic rings. The molecular formula is C16H37NO. The quantitative estimate of drug-likeness (QED) is 0.591. The Morgan fingerprint density at radius 2 is 1.50 bits per heavy atom. The predicted molar refractivity (Wildman–Crippen MR) is 83.2 cm³/mol. The first-order valence-electron chi connectivity index (χ1n) is 7.61. The van der Waals surface area contributed by atoms with Gasteiger partial charge in [0.2, 0.25) is 0 Å². The van der Waals surface area contributed by atoms with E-state index in [1.807, 2.05) is 13.8 Å². The molecule has 0 unspecified atom stereocenters. The maximum Gasteiger partial charge on any atom is 0.0478 e. The van der Waals surface area contributed by atoms with E-state index in [1.54, 1.807) is 0 Å². The summed E-state index contributed by atoms with van der Waals surface area (Å²) in [5.74, 6) is 0. The monoisotopic (exact) mass is 259 g/mol. The first-order chi connectivity index (χ1) is 8.33. The van der Waals surface area contributed by atoms with Gasteiger partial charge in [0.15, 0.2) is 0 Å². The standard InChI is InChI=1S/C14H31NO.C2H6/c1-13(2)15(6)10-8-12-16-11-7-9-14(3,4)5;1-2/h13H,7-12H2,1-6H3;1-2H3. The van der Waals surface area contributed by atoms with E-state index < -0.39 is 0 Å². The molecule has 0 atom stereocenters. The molecule has 0 saturated heterocycles. The Balaban J connectivity index is 0. The predicted octanol–water partition coefficient (Wildman–Crippen LogP) is 4.59. The largest absolute Gasteiger partial charge is 0.381 e. The second-order valence-corrected chi connectivity index (χ2v) is 6.20. The van der Waals surface area contributed by atoms with Crippen LogP contribution < -0.4 is 0 Å². The zero-order chi connectivity index (χ0) is 14.6. The first-order valence-corrected chi connectivity index (χ1v) is 7.61. The van der Waals surface area contributed by atoms with Gasteiger partial charge < -0.3 is 9.64 Å². The molecule has 2 nitrogen and oxygen atoms in total. The number of rotatable bonds is 8. The van der Waals surface area contributed by atoms with E-state index in [9.17, 15) is 0 Å². The molecule has 2 heteroatoms. The summed E-state index contributed by atoms with van der Waals surface area (Å²) >= 11 is 0. The molecule has 0 aromatic carbocycles. The van der Waals surface area contributed by atoms with Crippen LogP contribution in [0.4, 0.5) is 0 Å². The average molecular weight is 259 g/mol. The van der Waals surface area contributed by atoms with Gasteiger partial charge >= 0.3 is 0 Å². The van der Waals surface area contributed by atoms with E-state index in [0.717, 1.165) is 26.2 Å². The maximum absolute atomic E-state index is 5.63. The molecule has 0 fully saturated rings. The van der Waals surface area contributed by atoms with Crippen molar-refractivity contribution < 1.29 is 4.74 Å². The highest BCUT2D eigenvalue weighted by Crippen LogP contribution is 2.20. The summed E-state index contributed by atoms with van der Waals surface area (Å²) in [7, 11) is 2.17. The number of nitrogens with zero attached hydrogens (tertiary/aromatic N) is 1. The Bertz CT molecular complexity index is 161. The first kappa shape index (κ1) is 20.2. The van der Waals surface area contributed by atoms with Gasteiger partial charge in [0.25, 0.3) is 0 Å². The maximum atomic E-state index is 5.63. The van der Waals surface area contributed by atoms with Crippen molar-refractivity contribution >= 4 is 0 Å². The van der Waals surface area contributed by atoms with Crippen molar-refractivity contribution in [3.63, 3.8) is 0 Å². The lowest BCUT2D eigenvalue weighted by atomic mass is 9.91.